The van der Waals surface area contributed by atoms with E-state index >= 15 is 0 Å². The Balaban J connectivity index is 1.85. The van der Waals surface area contributed by atoms with Crippen LogP contribution in [0, 0.1) is 6.92 Å². The summed E-state index contributed by atoms with van der Waals surface area (Å²) in [6, 6.07) is 3.47. The molecule has 3 rings (SSSR count). The normalized spacial score (nSPS) is 17.4. The van der Waals surface area contributed by atoms with Crippen LogP contribution < -0.4 is 5.32 Å². The van der Waals surface area contributed by atoms with Gasteiger partial charge in [0.25, 0.3) is 0 Å². The van der Waals surface area contributed by atoms with E-state index in [-0.39, 0.29) is 6.54 Å². The molecule has 0 radical (unpaired) electrons. The molecular formula is C18H20F3N3O4S2. The minimum atomic E-state index is -4.69. The fourth-order valence-electron chi connectivity index (χ4n) is 2.98. The second-order valence-electron chi connectivity index (χ2n) is 6.80. The SMILES string of the molecule is Cc1csc(NC(=O)CN(CC2CCCO2)S(=O)(=O)c2cccc(C(F)(F)F)c2)n1. The molecular weight excluding hydrogens is 443 g/mol. The monoisotopic (exact) mass is 463 g/mol. The first-order valence-electron chi connectivity index (χ1n) is 9.07. The first-order chi connectivity index (χ1) is 14.1. The number of thiazole rings is 1. The van der Waals surface area contributed by atoms with Gasteiger partial charge in [0.1, 0.15) is 0 Å². The van der Waals surface area contributed by atoms with Gasteiger partial charge >= 0.3 is 6.18 Å². The molecule has 1 aliphatic heterocycles. The predicted molar refractivity (Wildman–Crippen MR) is 105 cm³/mol. The van der Waals surface area contributed by atoms with Gasteiger partial charge in [-0.25, -0.2) is 13.4 Å². The number of carbonyl (C=O) groups excluding carboxylic acids is 1. The smallest absolute Gasteiger partial charge is 0.377 e. The van der Waals surface area contributed by atoms with Gasteiger partial charge in [-0.1, -0.05) is 6.07 Å². The number of amides is 1. The summed E-state index contributed by atoms with van der Waals surface area (Å²) in [6.45, 7) is 1.50. The summed E-state index contributed by atoms with van der Waals surface area (Å²) in [7, 11) is -4.38. The Morgan fingerprint density at radius 2 is 2.17 bits per heavy atom. The zero-order valence-corrected chi connectivity index (χ0v) is 17.6. The number of carbonyl (C=O) groups is 1. The summed E-state index contributed by atoms with van der Waals surface area (Å²) in [5, 5.41) is 4.55. The molecule has 30 heavy (non-hydrogen) atoms. The molecule has 1 atom stereocenters. The van der Waals surface area contributed by atoms with Crippen molar-refractivity contribution in [2.24, 2.45) is 0 Å². The van der Waals surface area contributed by atoms with E-state index in [0.717, 1.165) is 28.9 Å². The molecule has 0 aliphatic carbocycles. The molecule has 7 nitrogen and oxygen atoms in total. The molecule has 12 heteroatoms. The van der Waals surface area contributed by atoms with Gasteiger partial charge in [-0.2, -0.15) is 17.5 Å². The number of aryl methyl sites for hydroxylation is 1. The minimum absolute atomic E-state index is 0.136. The van der Waals surface area contributed by atoms with Crippen molar-refractivity contribution in [1.29, 1.82) is 0 Å². The average Bonchev–Trinajstić information content (AvgIpc) is 3.32. The number of hydrogen-bond donors (Lipinski definition) is 1. The van der Waals surface area contributed by atoms with Crippen molar-refractivity contribution in [3.8, 4) is 0 Å². The second kappa shape index (κ2) is 9.00. The zero-order valence-electron chi connectivity index (χ0n) is 16.0. The second-order valence-corrected chi connectivity index (χ2v) is 9.60. The van der Waals surface area contributed by atoms with E-state index in [4.69, 9.17) is 4.74 Å². The van der Waals surface area contributed by atoms with Crippen LogP contribution in [-0.4, -0.2) is 49.4 Å². The Labute approximate surface area is 175 Å². The lowest BCUT2D eigenvalue weighted by molar-refractivity contribution is -0.137. The maximum Gasteiger partial charge on any atom is 0.416 e. The fourth-order valence-corrected chi connectivity index (χ4v) is 5.15. The highest BCUT2D eigenvalue weighted by atomic mass is 32.2. The molecule has 0 saturated carbocycles. The van der Waals surface area contributed by atoms with E-state index in [1.165, 1.54) is 11.3 Å². The number of anilines is 1. The molecule has 2 aromatic rings. The van der Waals surface area contributed by atoms with Crippen LogP contribution in [0.5, 0.6) is 0 Å². The summed E-state index contributed by atoms with van der Waals surface area (Å²) in [5.74, 6) is -0.641. The molecule has 1 amide bonds. The largest absolute Gasteiger partial charge is 0.416 e. The lowest BCUT2D eigenvalue weighted by atomic mass is 10.2. The van der Waals surface area contributed by atoms with Gasteiger partial charge < -0.3 is 10.1 Å². The van der Waals surface area contributed by atoms with Crippen molar-refractivity contribution in [2.45, 2.75) is 36.9 Å². The Morgan fingerprint density at radius 3 is 2.77 bits per heavy atom. The van der Waals surface area contributed by atoms with Gasteiger partial charge in [-0.15, -0.1) is 11.3 Å². The van der Waals surface area contributed by atoms with E-state index in [9.17, 15) is 26.4 Å². The molecule has 1 aliphatic rings. The number of nitrogens with zero attached hydrogens (tertiary/aromatic N) is 2. The fraction of sp³-hybridized carbons (Fsp3) is 0.444. The third-order valence-corrected chi connectivity index (χ3v) is 7.10. The third-order valence-electron chi connectivity index (χ3n) is 4.42. The molecule has 1 aromatic carbocycles. The van der Waals surface area contributed by atoms with Gasteiger partial charge in [0, 0.05) is 18.5 Å². The van der Waals surface area contributed by atoms with Crippen molar-refractivity contribution in [1.82, 2.24) is 9.29 Å². The summed E-state index contributed by atoms with van der Waals surface area (Å²) in [6.07, 6.45) is -3.78. The summed E-state index contributed by atoms with van der Waals surface area (Å²) >= 11 is 1.19. The van der Waals surface area contributed by atoms with E-state index in [2.05, 4.69) is 10.3 Å². The number of hydrogen-bond acceptors (Lipinski definition) is 6. The van der Waals surface area contributed by atoms with Crippen LogP contribution in [0.3, 0.4) is 0 Å². The Bertz CT molecular complexity index is 1000. The number of alkyl halides is 3. The highest BCUT2D eigenvalue weighted by Crippen LogP contribution is 2.31. The summed E-state index contributed by atoms with van der Waals surface area (Å²) in [4.78, 5) is 16.0. The number of halogens is 3. The first kappa shape index (κ1) is 22.7. The standard InChI is InChI=1S/C18H20F3N3O4S2/c1-12-11-29-17(22-12)23-16(25)10-24(9-14-5-3-7-28-14)30(26,27)15-6-2-4-13(8-15)18(19,20)21/h2,4,6,8,11,14H,3,5,7,9-10H2,1H3,(H,22,23,25). The van der Waals surface area contributed by atoms with Gasteiger partial charge in [-0.3, -0.25) is 4.79 Å². The molecule has 1 fully saturated rings. The van der Waals surface area contributed by atoms with Crippen LogP contribution in [0.25, 0.3) is 0 Å². The van der Waals surface area contributed by atoms with Crippen molar-refractivity contribution in [2.75, 3.05) is 25.0 Å². The molecule has 0 bridgehead atoms. The highest BCUT2D eigenvalue weighted by molar-refractivity contribution is 7.89. The number of rotatable bonds is 7. The number of sulfonamides is 1. The summed E-state index contributed by atoms with van der Waals surface area (Å²) in [5.41, 5.74) is -0.383. The lowest BCUT2D eigenvalue weighted by Crippen LogP contribution is -2.42. The van der Waals surface area contributed by atoms with E-state index < -0.39 is 45.2 Å². The van der Waals surface area contributed by atoms with Crippen molar-refractivity contribution < 1.29 is 31.1 Å². The molecule has 1 N–H and O–H groups in total. The molecule has 0 spiro atoms. The summed E-state index contributed by atoms with van der Waals surface area (Å²) < 4.78 is 71.6. The van der Waals surface area contributed by atoms with Crippen LogP contribution in [0.4, 0.5) is 18.3 Å². The van der Waals surface area contributed by atoms with E-state index in [1.807, 2.05) is 0 Å². The van der Waals surface area contributed by atoms with Crippen LogP contribution >= 0.6 is 11.3 Å². The molecule has 1 aromatic heterocycles. The van der Waals surface area contributed by atoms with Gasteiger partial charge in [0.05, 0.1) is 28.8 Å². The topological polar surface area (TPSA) is 88.6 Å². The molecule has 1 unspecified atom stereocenters. The van der Waals surface area contributed by atoms with Crippen molar-refractivity contribution in [3.63, 3.8) is 0 Å². The van der Waals surface area contributed by atoms with Gasteiger partial charge in [0.2, 0.25) is 15.9 Å². The molecule has 2 heterocycles. The molecule has 1 saturated heterocycles. The van der Waals surface area contributed by atoms with Crippen LogP contribution in [-0.2, 0) is 25.7 Å². The first-order valence-corrected chi connectivity index (χ1v) is 11.4. The number of benzene rings is 1. The zero-order chi connectivity index (χ0) is 21.9. The Morgan fingerprint density at radius 1 is 1.40 bits per heavy atom. The van der Waals surface area contributed by atoms with Crippen molar-refractivity contribution in [3.05, 3.63) is 40.9 Å². The van der Waals surface area contributed by atoms with Crippen LogP contribution in [0.1, 0.15) is 24.1 Å². The maximum absolute atomic E-state index is 13.1. The number of nitrogens with one attached hydrogen (secondary N) is 1. The maximum atomic E-state index is 13.1. The molecule has 164 valence electrons. The van der Waals surface area contributed by atoms with Crippen LogP contribution in [0.15, 0.2) is 34.5 Å². The number of ether oxygens (including phenoxy) is 1. The van der Waals surface area contributed by atoms with Crippen LogP contribution in [0.2, 0.25) is 0 Å². The van der Waals surface area contributed by atoms with Gasteiger partial charge in [0.15, 0.2) is 5.13 Å². The van der Waals surface area contributed by atoms with Crippen molar-refractivity contribution >= 4 is 32.4 Å². The minimum Gasteiger partial charge on any atom is -0.377 e. The quantitative estimate of drug-likeness (QED) is 0.681. The Hall–Kier alpha value is -2.02. The highest BCUT2D eigenvalue weighted by Gasteiger charge is 2.35. The number of aromatic nitrogens is 1. The lowest BCUT2D eigenvalue weighted by Gasteiger charge is -2.24. The third kappa shape index (κ3) is 5.56. The van der Waals surface area contributed by atoms with Gasteiger partial charge in [-0.05, 0) is 38.0 Å². The van der Waals surface area contributed by atoms with E-state index in [1.54, 1.807) is 12.3 Å². The Kier molecular flexibility index (Phi) is 6.80. The average molecular weight is 464 g/mol. The predicted octanol–water partition coefficient (Wildman–Crippen LogP) is 3.28. The van der Waals surface area contributed by atoms with E-state index in [0.29, 0.717) is 29.9 Å².